The molecular weight excluding hydrogens is 366 g/mol. The Hall–Kier alpha value is -3.88. The molecule has 0 atom stereocenters. The Morgan fingerprint density at radius 3 is 2.50 bits per heavy atom. The first-order valence-corrected chi connectivity index (χ1v) is 8.34. The van der Waals surface area contributed by atoms with Crippen molar-refractivity contribution in [3.05, 3.63) is 75.6 Å². The van der Waals surface area contributed by atoms with E-state index in [1.54, 1.807) is 36.4 Å². The number of fused-ring (bicyclic) bond motifs is 1. The molecule has 144 valence electrons. The van der Waals surface area contributed by atoms with Crippen molar-refractivity contribution in [1.82, 2.24) is 10.0 Å². The second-order valence-corrected chi connectivity index (χ2v) is 5.96. The second kappa shape index (κ2) is 7.78. The Morgan fingerprint density at radius 1 is 1.18 bits per heavy atom. The van der Waals surface area contributed by atoms with Gasteiger partial charge in [-0.2, -0.15) is 0 Å². The van der Waals surface area contributed by atoms with Crippen molar-refractivity contribution in [1.29, 1.82) is 0 Å². The van der Waals surface area contributed by atoms with Gasteiger partial charge in [-0.25, -0.2) is 0 Å². The zero-order valence-electron chi connectivity index (χ0n) is 14.9. The average molecular weight is 383 g/mol. The highest BCUT2D eigenvalue weighted by atomic mass is 16.5. The van der Waals surface area contributed by atoms with Crippen molar-refractivity contribution >= 4 is 22.9 Å². The van der Waals surface area contributed by atoms with Crippen molar-refractivity contribution in [3.8, 4) is 5.75 Å². The first-order valence-electron chi connectivity index (χ1n) is 8.34. The lowest BCUT2D eigenvalue weighted by atomic mass is 10.1. The van der Waals surface area contributed by atoms with Gasteiger partial charge in [0, 0.05) is 18.0 Å². The summed E-state index contributed by atoms with van der Waals surface area (Å²) in [6.45, 7) is -0.322. The van der Waals surface area contributed by atoms with E-state index in [4.69, 9.17) is 9.84 Å². The quantitative estimate of drug-likeness (QED) is 0.621. The lowest BCUT2D eigenvalue weighted by Crippen LogP contribution is -2.36. The highest BCUT2D eigenvalue weighted by molar-refractivity contribution is 5.92. The monoisotopic (exact) mass is 383 g/mol. The normalized spacial score (nSPS) is 10.6. The predicted molar refractivity (Wildman–Crippen MR) is 99.6 cm³/mol. The Labute approximate surface area is 159 Å². The number of rotatable bonds is 6. The lowest BCUT2D eigenvalue weighted by Gasteiger charge is -2.19. The van der Waals surface area contributed by atoms with Crippen LogP contribution in [0.4, 0.5) is 0 Å². The van der Waals surface area contributed by atoms with E-state index in [1.165, 1.54) is 19.2 Å². The molecular formula is C19H17N3O6. The standard InChI is InChI=1S/C19H17N3O6/c1-20-19(25)18-16(21(26)14-4-2-3-5-15(14)22(18)27)11-28-13-8-6-12(7-9-13)10-17(23)24/h2-9H,10-11H2,1H3,(H,20,25)(H,23,24). The number of ether oxygens (including phenoxy) is 1. The summed E-state index contributed by atoms with van der Waals surface area (Å²) in [4.78, 5) is 35.6. The number of para-hydroxylation sites is 2. The van der Waals surface area contributed by atoms with Crippen molar-refractivity contribution < 1.29 is 23.9 Å². The second-order valence-electron chi connectivity index (χ2n) is 5.96. The van der Waals surface area contributed by atoms with Crippen LogP contribution in [0, 0.1) is 10.1 Å². The van der Waals surface area contributed by atoms with Crippen LogP contribution in [0.5, 0.6) is 5.75 Å². The van der Waals surface area contributed by atoms with Crippen LogP contribution in [0.3, 0.4) is 0 Å². The highest BCUT2D eigenvalue weighted by Crippen LogP contribution is 2.18. The van der Waals surface area contributed by atoms with E-state index in [1.807, 2.05) is 0 Å². The summed E-state index contributed by atoms with van der Waals surface area (Å²) in [5, 5.41) is 23.9. The number of aromatic nitrogens is 2. The number of nitrogens with one attached hydrogen (secondary N) is 1. The number of carboxylic acids is 1. The maximum Gasteiger partial charge on any atom is 0.350 e. The number of carboxylic acid groups (broad SMARTS) is 1. The Kier molecular flexibility index (Phi) is 5.25. The number of carbonyl (C=O) groups is 2. The van der Waals surface area contributed by atoms with Gasteiger partial charge in [-0.15, -0.1) is 0 Å². The number of carbonyl (C=O) groups excluding carboxylic acids is 1. The molecule has 0 radical (unpaired) electrons. The molecule has 0 saturated carbocycles. The molecule has 3 rings (SSSR count). The molecule has 2 N–H and O–H groups in total. The average Bonchev–Trinajstić information content (AvgIpc) is 2.69. The van der Waals surface area contributed by atoms with E-state index >= 15 is 0 Å². The molecule has 0 aliphatic carbocycles. The number of aliphatic carboxylic acids is 1. The van der Waals surface area contributed by atoms with Gasteiger partial charge in [-0.05, 0) is 23.8 Å². The molecule has 0 aliphatic rings. The zero-order valence-corrected chi connectivity index (χ0v) is 14.9. The predicted octanol–water partition coefficient (Wildman–Crippen LogP) is 1.47. The van der Waals surface area contributed by atoms with Gasteiger partial charge >= 0.3 is 17.6 Å². The summed E-state index contributed by atoms with van der Waals surface area (Å²) in [7, 11) is 1.36. The molecule has 1 aromatic heterocycles. The van der Waals surface area contributed by atoms with Gasteiger partial charge in [-0.3, -0.25) is 9.59 Å². The molecule has 0 bridgehead atoms. The fourth-order valence-electron chi connectivity index (χ4n) is 2.79. The summed E-state index contributed by atoms with van der Waals surface area (Å²) in [6.07, 6.45) is -0.123. The fourth-order valence-corrected chi connectivity index (χ4v) is 2.79. The molecule has 0 aliphatic heterocycles. The molecule has 9 heteroatoms. The molecule has 1 amide bonds. The van der Waals surface area contributed by atoms with Crippen LogP contribution in [0.25, 0.3) is 11.0 Å². The minimum absolute atomic E-state index is 0.0675. The van der Waals surface area contributed by atoms with Gasteiger partial charge in [0.2, 0.25) is 0 Å². The molecule has 3 aromatic rings. The van der Waals surface area contributed by atoms with Gasteiger partial charge in [-0.1, -0.05) is 24.3 Å². The van der Waals surface area contributed by atoms with E-state index < -0.39 is 11.9 Å². The summed E-state index contributed by atoms with van der Waals surface area (Å²) >= 11 is 0. The van der Waals surface area contributed by atoms with Crippen molar-refractivity contribution in [2.75, 3.05) is 7.05 Å². The van der Waals surface area contributed by atoms with Crippen LogP contribution in [0.2, 0.25) is 0 Å². The number of hydrogen-bond acceptors (Lipinski definition) is 5. The Balaban J connectivity index is 1.98. The molecule has 0 unspecified atom stereocenters. The van der Waals surface area contributed by atoms with Crippen LogP contribution in [0.15, 0.2) is 48.5 Å². The first kappa shape index (κ1) is 18.9. The summed E-state index contributed by atoms with van der Waals surface area (Å²) in [6, 6.07) is 12.4. The van der Waals surface area contributed by atoms with Crippen LogP contribution < -0.4 is 14.5 Å². The zero-order chi connectivity index (χ0) is 20.3. The molecule has 0 spiro atoms. The summed E-state index contributed by atoms with van der Waals surface area (Å²) in [5.41, 5.74) is 0.285. The van der Waals surface area contributed by atoms with Gasteiger partial charge in [0.05, 0.1) is 10.8 Å². The molecule has 0 saturated heterocycles. The Bertz CT molecular complexity index is 1110. The number of amides is 1. The van der Waals surface area contributed by atoms with Crippen LogP contribution in [-0.2, 0) is 17.8 Å². The van der Waals surface area contributed by atoms with Gasteiger partial charge < -0.3 is 25.1 Å². The highest BCUT2D eigenvalue weighted by Gasteiger charge is 2.28. The van der Waals surface area contributed by atoms with Crippen LogP contribution in [0.1, 0.15) is 21.7 Å². The SMILES string of the molecule is CNC(=O)c1c(COc2ccc(CC(=O)O)cc2)n([O-])c2ccccc2[n+]1=O. The third-order valence-electron chi connectivity index (χ3n) is 4.14. The maximum absolute atomic E-state index is 12.8. The van der Waals surface area contributed by atoms with E-state index in [0.29, 0.717) is 20.5 Å². The van der Waals surface area contributed by atoms with Crippen molar-refractivity contribution in [3.63, 3.8) is 0 Å². The van der Waals surface area contributed by atoms with E-state index in [2.05, 4.69) is 5.32 Å². The number of nitrogens with zero attached hydrogens (tertiary/aromatic N) is 2. The molecule has 9 nitrogen and oxygen atoms in total. The maximum atomic E-state index is 12.8. The fraction of sp³-hybridized carbons (Fsp3) is 0.158. The summed E-state index contributed by atoms with van der Waals surface area (Å²) < 4.78 is 6.49. The number of benzene rings is 2. The third kappa shape index (κ3) is 3.63. The lowest BCUT2D eigenvalue weighted by molar-refractivity contribution is -0.468. The third-order valence-corrected chi connectivity index (χ3v) is 4.14. The van der Waals surface area contributed by atoms with Gasteiger partial charge in [0.15, 0.2) is 0 Å². The Morgan fingerprint density at radius 2 is 1.86 bits per heavy atom. The van der Waals surface area contributed by atoms with E-state index in [9.17, 15) is 19.7 Å². The van der Waals surface area contributed by atoms with Crippen LogP contribution >= 0.6 is 0 Å². The minimum atomic E-state index is -0.951. The van der Waals surface area contributed by atoms with Crippen molar-refractivity contribution in [2.24, 2.45) is 0 Å². The summed E-state index contributed by atoms with van der Waals surface area (Å²) in [5.74, 6) is -1.30. The largest absolute Gasteiger partial charge is 0.805 e. The van der Waals surface area contributed by atoms with Gasteiger partial charge in [0.25, 0.3) is 5.52 Å². The van der Waals surface area contributed by atoms with E-state index in [0.717, 1.165) is 0 Å². The van der Waals surface area contributed by atoms with E-state index in [-0.39, 0.29) is 35.4 Å². The number of hydrogen-bond donors (Lipinski definition) is 2. The smallest absolute Gasteiger partial charge is 0.350 e. The van der Waals surface area contributed by atoms with Crippen LogP contribution in [-0.4, -0.2) is 28.8 Å². The van der Waals surface area contributed by atoms with Crippen molar-refractivity contribution in [2.45, 2.75) is 13.0 Å². The molecule has 1 heterocycles. The van der Waals surface area contributed by atoms with Gasteiger partial charge in [0.1, 0.15) is 23.6 Å². The molecule has 2 aromatic carbocycles. The first-order chi connectivity index (χ1) is 13.4. The minimum Gasteiger partial charge on any atom is -0.805 e. The molecule has 0 fully saturated rings. The topological polar surface area (TPSA) is 127 Å². The molecule has 28 heavy (non-hydrogen) atoms.